The smallest absolute Gasteiger partial charge is 0.186 e. The average Bonchev–Trinajstić information content (AvgIpc) is 3.60. The number of nitrogens with two attached hydrogens (primary N) is 1. The van der Waals surface area contributed by atoms with Crippen molar-refractivity contribution in [3.05, 3.63) is 60.6 Å². The van der Waals surface area contributed by atoms with Crippen molar-refractivity contribution >= 4 is 21.3 Å². The fraction of sp³-hybridized carbons (Fsp3) is 0.370. The van der Waals surface area contributed by atoms with Crippen molar-refractivity contribution in [3.63, 3.8) is 0 Å². The molecule has 1 unspecified atom stereocenters. The van der Waals surface area contributed by atoms with E-state index in [1.165, 1.54) is 4.52 Å². The van der Waals surface area contributed by atoms with Gasteiger partial charge in [-0.15, -0.1) is 0 Å². The minimum atomic E-state index is -3.56. The van der Waals surface area contributed by atoms with Gasteiger partial charge in [0.05, 0.1) is 22.8 Å². The molecule has 9 heteroatoms. The average molecular weight is 501 g/mol. The maximum absolute atomic E-state index is 13.6. The van der Waals surface area contributed by atoms with Crippen LogP contribution in [0.1, 0.15) is 50.1 Å². The first-order valence-corrected chi connectivity index (χ1v) is 14.2. The first-order valence-electron chi connectivity index (χ1n) is 12.7. The molecule has 3 aliphatic rings. The van der Waals surface area contributed by atoms with E-state index in [2.05, 4.69) is 15.4 Å². The van der Waals surface area contributed by atoms with Gasteiger partial charge in [-0.05, 0) is 44.6 Å². The Morgan fingerprint density at radius 1 is 0.917 bits per heavy atom. The van der Waals surface area contributed by atoms with Gasteiger partial charge in [-0.25, -0.2) is 13.4 Å². The zero-order valence-electron chi connectivity index (χ0n) is 19.8. The van der Waals surface area contributed by atoms with Crippen LogP contribution in [0.3, 0.4) is 0 Å². The Bertz CT molecular complexity index is 1550. The molecule has 5 heterocycles. The third-order valence-electron chi connectivity index (χ3n) is 7.92. The topological polar surface area (TPSA) is 115 Å². The maximum Gasteiger partial charge on any atom is 0.186 e. The molecule has 184 valence electrons. The summed E-state index contributed by atoms with van der Waals surface area (Å²) in [5.74, 6) is 0.230. The zero-order chi connectivity index (χ0) is 24.4. The summed E-state index contributed by atoms with van der Waals surface area (Å²) in [6.07, 6.45) is 8.90. The van der Waals surface area contributed by atoms with Crippen LogP contribution in [-0.2, 0) is 9.84 Å². The van der Waals surface area contributed by atoms with Crippen LogP contribution in [0.5, 0.6) is 0 Å². The number of sulfone groups is 1. The second-order valence-electron chi connectivity index (χ2n) is 10.4. The normalized spacial score (nSPS) is 23.8. The van der Waals surface area contributed by atoms with E-state index in [4.69, 9.17) is 10.7 Å². The summed E-state index contributed by atoms with van der Waals surface area (Å²) in [4.78, 5) is 9.90. The highest BCUT2D eigenvalue weighted by molar-refractivity contribution is 7.92. The predicted molar refractivity (Wildman–Crippen MR) is 138 cm³/mol. The van der Waals surface area contributed by atoms with Crippen molar-refractivity contribution in [2.45, 2.75) is 66.7 Å². The number of nitrogens with zero attached hydrogens (tertiary/aromatic N) is 4. The van der Waals surface area contributed by atoms with Gasteiger partial charge in [0.2, 0.25) is 0 Å². The van der Waals surface area contributed by atoms with Crippen molar-refractivity contribution in [2.24, 2.45) is 0 Å². The summed E-state index contributed by atoms with van der Waals surface area (Å²) in [7, 11) is -3.56. The number of anilines is 1. The number of nitrogen functional groups attached to an aromatic ring is 1. The fourth-order valence-electron chi connectivity index (χ4n) is 5.95. The molecule has 4 aromatic rings. The molecule has 0 spiro atoms. The summed E-state index contributed by atoms with van der Waals surface area (Å²) in [5, 5.41) is 7.77. The lowest BCUT2D eigenvalue weighted by Gasteiger charge is -2.30. The second kappa shape index (κ2) is 8.11. The van der Waals surface area contributed by atoms with E-state index in [-0.39, 0.29) is 21.9 Å². The molecular weight excluding hydrogens is 472 g/mol. The Hall–Kier alpha value is -3.30. The summed E-state index contributed by atoms with van der Waals surface area (Å²) in [6, 6.07) is 14.8. The molecule has 3 fully saturated rings. The van der Waals surface area contributed by atoms with Crippen molar-refractivity contribution in [1.29, 1.82) is 0 Å². The predicted octanol–water partition coefficient (Wildman–Crippen LogP) is 3.97. The lowest BCUT2D eigenvalue weighted by atomic mass is 9.89. The Kier molecular flexibility index (Phi) is 4.94. The highest BCUT2D eigenvalue weighted by Gasteiger charge is 2.44. The first kappa shape index (κ1) is 21.9. The lowest BCUT2D eigenvalue weighted by Crippen LogP contribution is -2.38. The number of pyridine rings is 1. The SMILES string of the molecule is Nc1c(S(=O)(=O)C2CC2)c(C2C[C@H]3CC[C@@H](C2)N3)nc2c(-c3ccc(-c4ccccc4)nc3)cnn12. The molecule has 1 saturated carbocycles. The standard InChI is InChI=1S/C27H28N6O2S/c28-26-25(36(34,35)21-9-10-21)24(18-12-19-7-8-20(13-18)31-19)32-27-22(15-30-33(26)27)17-6-11-23(29-14-17)16-4-2-1-3-5-16/h1-6,11,14-15,18-21,31H,7-10,12-13,28H2/t18?,19-,20+. The summed E-state index contributed by atoms with van der Waals surface area (Å²) in [5.41, 5.74) is 11.4. The molecule has 36 heavy (non-hydrogen) atoms. The van der Waals surface area contributed by atoms with Crippen LogP contribution < -0.4 is 11.1 Å². The molecule has 0 amide bonds. The molecule has 2 saturated heterocycles. The number of aromatic nitrogens is 4. The quantitative estimate of drug-likeness (QED) is 0.426. The number of hydrogen-bond donors (Lipinski definition) is 2. The van der Waals surface area contributed by atoms with E-state index in [9.17, 15) is 8.42 Å². The summed E-state index contributed by atoms with van der Waals surface area (Å²) in [6.45, 7) is 0. The van der Waals surface area contributed by atoms with E-state index in [1.54, 1.807) is 6.20 Å². The number of benzene rings is 1. The largest absolute Gasteiger partial charge is 0.382 e. The van der Waals surface area contributed by atoms with Crippen molar-refractivity contribution in [3.8, 4) is 22.4 Å². The number of piperidine rings is 1. The molecule has 7 rings (SSSR count). The van der Waals surface area contributed by atoms with Crippen molar-refractivity contribution < 1.29 is 8.42 Å². The fourth-order valence-corrected chi connectivity index (χ4v) is 7.92. The van der Waals surface area contributed by atoms with Crippen molar-refractivity contribution in [1.82, 2.24) is 24.9 Å². The van der Waals surface area contributed by atoms with Crippen molar-refractivity contribution in [2.75, 3.05) is 5.73 Å². The number of hydrogen-bond acceptors (Lipinski definition) is 7. The number of nitrogens with one attached hydrogen (secondary N) is 1. The maximum atomic E-state index is 13.6. The third-order valence-corrected chi connectivity index (χ3v) is 10.3. The molecule has 3 atom stereocenters. The van der Waals surface area contributed by atoms with Gasteiger partial charge in [0, 0.05) is 40.9 Å². The van der Waals surface area contributed by atoms with Crippen LogP contribution in [0, 0.1) is 0 Å². The molecule has 8 nitrogen and oxygen atoms in total. The van der Waals surface area contributed by atoms with E-state index in [0.717, 1.165) is 48.1 Å². The zero-order valence-corrected chi connectivity index (χ0v) is 20.7. The third kappa shape index (κ3) is 3.52. The second-order valence-corrected chi connectivity index (χ2v) is 12.5. The van der Waals surface area contributed by atoms with Gasteiger partial charge in [0.1, 0.15) is 10.7 Å². The van der Waals surface area contributed by atoms with E-state index in [0.29, 0.717) is 36.3 Å². The molecule has 2 bridgehead atoms. The van der Waals surface area contributed by atoms with E-state index < -0.39 is 9.84 Å². The number of rotatable bonds is 5. The van der Waals surface area contributed by atoms with Gasteiger partial charge in [0.15, 0.2) is 15.5 Å². The number of fused-ring (bicyclic) bond motifs is 3. The van der Waals surface area contributed by atoms with Crippen LogP contribution in [0.2, 0.25) is 0 Å². The lowest BCUT2D eigenvalue weighted by molar-refractivity contribution is 0.355. The molecule has 3 N–H and O–H groups in total. The minimum Gasteiger partial charge on any atom is -0.382 e. The van der Waals surface area contributed by atoms with Gasteiger partial charge < -0.3 is 11.1 Å². The molecule has 2 aliphatic heterocycles. The van der Waals surface area contributed by atoms with Gasteiger partial charge in [-0.3, -0.25) is 4.98 Å². The summed E-state index contributed by atoms with van der Waals surface area (Å²) >= 11 is 0. The van der Waals surface area contributed by atoms with Crippen LogP contribution in [0.4, 0.5) is 5.82 Å². The van der Waals surface area contributed by atoms with Gasteiger partial charge in [0.25, 0.3) is 0 Å². The highest BCUT2D eigenvalue weighted by atomic mass is 32.2. The van der Waals surface area contributed by atoms with Gasteiger partial charge >= 0.3 is 0 Å². The molecule has 1 aromatic carbocycles. The van der Waals surface area contributed by atoms with Crippen LogP contribution in [0.25, 0.3) is 28.0 Å². The van der Waals surface area contributed by atoms with E-state index >= 15 is 0 Å². The molecular formula is C27H28N6O2S. The monoisotopic (exact) mass is 500 g/mol. The van der Waals surface area contributed by atoms with Gasteiger partial charge in [-0.1, -0.05) is 36.4 Å². The van der Waals surface area contributed by atoms with Crippen LogP contribution in [0.15, 0.2) is 59.8 Å². The minimum absolute atomic E-state index is 0.0564. The Morgan fingerprint density at radius 3 is 2.33 bits per heavy atom. The molecule has 1 aliphatic carbocycles. The Morgan fingerprint density at radius 2 is 1.67 bits per heavy atom. The highest BCUT2D eigenvalue weighted by Crippen LogP contribution is 2.44. The molecule has 3 aromatic heterocycles. The summed E-state index contributed by atoms with van der Waals surface area (Å²) < 4.78 is 28.6. The van der Waals surface area contributed by atoms with Gasteiger partial charge in [-0.2, -0.15) is 9.61 Å². The van der Waals surface area contributed by atoms with Crippen LogP contribution >= 0.6 is 0 Å². The Labute approximate surface area is 209 Å². The first-order chi connectivity index (χ1) is 17.5. The Balaban J connectivity index is 1.37. The van der Waals surface area contributed by atoms with Crippen LogP contribution in [-0.4, -0.2) is 45.3 Å². The molecule has 0 radical (unpaired) electrons. The van der Waals surface area contributed by atoms with E-state index in [1.807, 2.05) is 48.7 Å².